The Kier molecular flexibility index (Phi) is 24.8. The standard InChI is InChI=1S/C39H26F6O9.C36H24F6O8.C3H3ClO/c1-2-35(46)52-21-51-26(19-49-24-13-11-22-15-29(36(47)53-33(22)17-24)27-7-3-5-9-31(27)38(40,41)42)20-50-25-14-12-23-16-30(37(48)54-34(23)18-25)28-8-4-6-10-32(28)39(43,44)45;37-35(38,39)29-7-3-1-5-25(29)27-13-20-9-11-22(15-31(20)49-33(27)44)46-17-24(48-19-43)18-47-23-12-10-21-14-28(34(45)50-32(21)16-23)26-6-2-4-8-30(26)36(40,41)42;1-2-3(4)5/h2-18,26H,1,19-21H2;1-16,24,43H,17-19H2;2H,1H2. The third kappa shape index (κ3) is 20.1. The summed E-state index contributed by atoms with van der Waals surface area (Å²) in [7, 11) is 0. The Hall–Kier alpha value is -12.3. The van der Waals surface area contributed by atoms with Gasteiger partial charge in [-0.25, -0.2) is 24.0 Å². The minimum atomic E-state index is -4.70. The van der Waals surface area contributed by atoms with Crippen LogP contribution in [-0.2, 0) is 48.5 Å². The van der Waals surface area contributed by atoms with E-state index in [0.29, 0.717) is 21.5 Å². The van der Waals surface area contributed by atoms with Crippen molar-refractivity contribution in [3.05, 3.63) is 283 Å². The van der Waals surface area contributed by atoms with Crippen LogP contribution in [0.3, 0.4) is 0 Å². The van der Waals surface area contributed by atoms with Gasteiger partial charge in [0.1, 0.15) is 90.8 Å². The summed E-state index contributed by atoms with van der Waals surface area (Å²) in [6.45, 7) is 4.39. The second kappa shape index (κ2) is 34.1. The Bertz CT molecular complexity index is 5290. The first-order chi connectivity index (χ1) is 51.8. The smallest absolute Gasteiger partial charge is 0.417 e. The lowest BCUT2D eigenvalue weighted by atomic mass is 10.00. The first-order valence-corrected chi connectivity index (χ1v) is 32.1. The summed E-state index contributed by atoms with van der Waals surface area (Å²) in [5, 5.41) is 10.2. The molecule has 0 fully saturated rings. The number of carbonyl (C=O) groups is 2. The van der Waals surface area contributed by atoms with Crippen LogP contribution in [0.1, 0.15) is 22.3 Å². The van der Waals surface area contributed by atoms with Gasteiger partial charge in [-0.1, -0.05) is 86.0 Å². The van der Waals surface area contributed by atoms with Gasteiger partial charge >= 0.3 is 53.2 Å². The summed E-state index contributed by atoms with van der Waals surface area (Å²) < 4.78 is 223. The predicted octanol–water partition coefficient (Wildman–Crippen LogP) is 17.8. The minimum Gasteiger partial charge on any atom is -0.491 e. The number of rotatable bonds is 23. The highest BCUT2D eigenvalue weighted by molar-refractivity contribution is 6.66. The van der Waals surface area contributed by atoms with Crippen molar-refractivity contribution in [1.29, 1.82) is 0 Å². The highest BCUT2D eigenvalue weighted by atomic mass is 35.5. The van der Waals surface area contributed by atoms with Crippen LogP contribution in [0.4, 0.5) is 52.7 Å². The lowest BCUT2D eigenvalue weighted by Gasteiger charge is -2.19. The summed E-state index contributed by atoms with van der Waals surface area (Å²) in [5.74, 6) is 0.0264. The number of hydrogen-bond acceptors (Lipinski definition) is 18. The summed E-state index contributed by atoms with van der Waals surface area (Å²) in [5.41, 5.74) is -10.1. The van der Waals surface area contributed by atoms with Crippen LogP contribution in [-0.4, -0.2) is 68.5 Å². The maximum atomic E-state index is 13.6. The fourth-order valence-electron chi connectivity index (χ4n) is 10.7. The minimum absolute atomic E-state index is 0.0297. The van der Waals surface area contributed by atoms with E-state index in [-0.39, 0.29) is 116 Å². The fraction of sp³-hybridized carbons (Fsp3) is 0.154. The number of ether oxygens (including phenoxy) is 7. The molecule has 0 atom stereocenters. The van der Waals surface area contributed by atoms with Crippen molar-refractivity contribution in [2.45, 2.75) is 36.9 Å². The summed E-state index contributed by atoms with van der Waals surface area (Å²) in [4.78, 5) is 72.1. The molecule has 0 radical (unpaired) electrons. The molecule has 12 rings (SSSR count). The molecule has 0 saturated carbocycles. The van der Waals surface area contributed by atoms with Gasteiger partial charge in [0.2, 0.25) is 5.24 Å². The third-order valence-electron chi connectivity index (χ3n) is 15.8. The van der Waals surface area contributed by atoms with Gasteiger partial charge in [0.25, 0.3) is 0 Å². The Labute approximate surface area is 610 Å². The molecular formula is C78H53ClF12O18. The molecule has 1 N–H and O–H groups in total. The third-order valence-corrected chi connectivity index (χ3v) is 16.0. The highest BCUT2D eigenvalue weighted by Gasteiger charge is 2.38. The lowest BCUT2D eigenvalue weighted by molar-refractivity contribution is -0.158. The topological polar surface area (TPSA) is 240 Å². The Balaban J connectivity index is 0.000000219. The monoisotopic (exact) mass is 1540 g/mol. The van der Waals surface area contributed by atoms with Crippen molar-refractivity contribution in [2.24, 2.45) is 0 Å². The van der Waals surface area contributed by atoms with E-state index in [1.807, 2.05) is 0 Å². The Morgan fingerprint density at radius 1 is 0.376 bits per heavy atom. The molecule has 109 heavy (non-hydrogen) atoms. The molecule has 4 aromatic heterocycles. The number of benzene rings is 8. The van der Waals surface area contributed by atoms with Crippen LogP contribution in [0.5, 0.6) is 23.0 Å². The average molecular weight is 1540 g/mol. The Morgan fingerprint density at radius 3 is 0.853 bits per heavy atom. The van der Waals surface area contributed by atoms with Gasteiger partial charge in [-0.15, -0.1) is 0 Å². The first kappa shape index (κ1) is 79.3. The molecule has 0 aliphatic carbocycles. The highest BCUT2D eigenvalue weighted by Crippen LogP contribution is 2.42. The van der Waals surface area contributed by atoms with Crippen LogP contribution < -0.4 is 41.4 Å². The SMILES string of the molecule is C=CC(=O)Cl.C=CC(=O)OCOC(COc1ccc2cc(-c3ccccc3C(F)(F)F)c(=O)oc2c1)COc1ccc2cc(-c3ccccc3C(F)(F)F)c(=O)oc2c1.O=c1oc2cc(OCC(COc3ccc4cc(-c5ccccc5C(F)(F)F)c(=O)oc4c3)OCO)ccc2cc1-c1ccccc1C(F)(F)F. The number of allylic oxidation sites excluding steroid dienone is 1. The molecule has 0 amide bonds. The number of alkyl halides is 12. The van der Waals surface area contributed by atoms with Crippen molar-refractivity contribution in [2.75, 3.05) is 40.0 Å². The molecule has 31 heteroatoms. The van der Waals surface area contributed by atoms with Crippen LogP contribution in [0.25, 0.3) is 88.4 Å². The maximum Gasteiger partial charge on any atom is 0.417 e. The molecule has 8 aromatic carbocycles. The van der Waals surface area contributed by atoms with Gasteiger partial charge in [-0.05, 0) is 115 Å². The van der Waals surface area contributed by atoms with E-state index in [4.69, 9.17) is 62.4 Å². The summed E-state index contributed by atoms with van der Waals surface area (Å²) in [6.07, 6.45) is -18.6. The van der Waals surface area contributed by atoms with Crippen molar-refractivity contribution in [3.8, 4) is 67.5 Å². The predicted molar refractivity (Wildman–Crippen MR) is 373 cm³/mol. The molecule has 0 saturated heterocycles. The number of esters is 1. The van der Waals surface area contributed by atoms with Gasteiger partial charge in [0, 0.05) is 74.1 Å². The zero-order chi connectivity index (χ0) is 78.5. The van der Waals surface area contributed by atoms with Gasteiger partial charge in [-0.3, -0.25) is 4.79 Å². The normalized spacial score (nSPS) is 11.8. The van der Waals surface area contributed by atoms with Crippen molar-refractivity contribution < 1.29 is 118 Å². The molecule has 18 nitrogen and oxygen atoms in total. The lowest BCUT2D eigenvalue weighted by Crippen LogP contribution is -2.30. The van der Waals surface area contributed by atoms with E-state index in [1.165, 1.54) is 170 Å². The molecule has 0 bridgehead atoms. The molecule has 564 valence electrons. The van der Waals surface area contributed by atoms with Gasteiger partial charge in [-0.2, -0.15) is 52.7 Å². The number of aliphatic hydroxyl groups excluding tert-OH is 1. The van der Waals surface area contributed by atoms with E-state index in [9.17, 15) is 86.6 Å². The van der Waals surface area contributed by atoms with Crippen molar-refractivity contribution in [3.63, 3.8) is 0 Å². The fourth-order valence-corrected chi connectivity index (χ4v) is 10.7. The number of fused-ring (bicyclic) bond motifs is 4. The largest absolute Gasteiger partial charge is 0.491 e. The molecule has 12 aromatic rings. The van der Waals surface area contributed by atoms with Crippen LogP contribution in [0, 0.1) is 0 Å². The molecule has 4 heterocycles. The molecule has 0 aliphatic heterocycles. The van der Waals surface area contributed by atoms with Crippen molar-refractivity contribution >= 4 is 66.7 Å². The average Bonchev–Trinajstić information content (AvgIpc) is 0.793. The number of hydrogen-bond donors (Lipinski definition) is 1. The van der Waals surface area contributed by atoms with Gasteiger partial charge in [0.05, 0.1) is 44.5 Å². The zero-order valence-corrected chi connectivity index (χ0v) is 56.5. The van der Waals surface area contributed by atoms with Crippen LogP contribution >= 0.6 is 11.6 Å². The van der Waals surface area contributed by atoms with Crippen molar-refractivity contribution in [1.82, 2.24) is 0 Å². The maximum absolute atomic E-state index is 13.6. The summed E-state index contributed by atoms with van der Waals surface area (Å²) in [6, 6.07) is 41.3. The van der Waals surface area contributed by atoms with Gasteiger partial charge in [0.15, 0.2) is 6.79 Å². The van der Waals surface area contributed by atoms with Crippen LogP contribution in [0.15, 0.2) is 256 Å². The van der Waals surface area contributed by atoms with E-state index >= 15 is 0 Å². The van der Waals surface area contributed by atoms with E-state index in [2.05, 4.69) is 13.2 Å². The second-order valence-electron chi connectivity index (χ2n) is 23.0. The van der Waals surface area contributed by atoms with E-state index in [0.717, 1.165) is 36.4 Å². The molecule has 0 aliphatic rings. The number of halogens is 13. The second-order valence-corrected chi connectivity index (χ2v) is 23.4. The van der Waals surface area contributed by atoms with Gasteiger partial charge < -0.3 is 55.9 Å². The van der Waals surface area contributed by atoms with Crippen LogP contribution in [0.2, 0.25) is 0 Å². The zero-order valence-electron chi connectivity index (χ0n) is 55.7. The summed E-state index contributed by atoms with van der Waals surface area (Å²) >= 11 is 4.71. The first-order valence-electron chi connectivity index (χ1n) is 31.7. The number of aliphatic hydroxyl groups is 1. The van der Waals surface area contributed by atoms with E-state index < -0.39 is 106 Å². The number of carbonyl (C=O) groups excluding carboxylic acids is 2. The quantitative estimate of drug-likeness (QED) is 0.0156. The Morgan fingerprint density at radius 2 is 0.624 bits per heavy atom. The molecule has 0 spiro atoms. The van der Waals surface area contributed by atoms with E-state index in [1.54, 1.807) is 0 Å². The molecular weight excluding hydrogens is 1490 g/mol. The molecule has 0 unspecified atom stereocenters.